The molecule has 0 heterocycles. The normalized spacial score (nSPS) is 9.33. The van der Waals surface area contributed by atoms with Gasteiger partial charge in [0, 0.05) is 19.6 Å². The van der Waals surface area contributed by atoms with Crippen molar-refractivity contribution in [1.82, 2.24) is 10.4 Å². The van der Waals surface area contributed by atoms with Gasteiger partial charge < -0.3 is 5.48 Å². The molecular weight excluding hydrogens is 116 g/mol. The molecule has 0 saturated carbocycles. The summed E-state index contributed by atoms with van der Waals surface area (Å²) in [7, 11) is 0. The zero-order valence-electron chi connectivity index (χ0n) is 6.57. The van der Waals surface area contributed by atoms with E-state index in [0.717, 1.165) is 19.6 Å². The van der Waals surface area contributed by atoms with Gasteiger partial charge >= 0.3 is 0 Å². The summed E-state index contributed by atoms with van der Waals surface area (Å²) in [5.74, 6) is 0. The Hall–Kier alpha value is -0.120. The van der Waals surface area contributed by atoms with Crippen molar-refractivity contribution in [3.63, 3.8) is 0 Å². The van der Waals surface area contributed by atoms with E-state index in [4.69, 9.17) is 0 Å². The first kappa shape index (κ1) is 11.6. The second-order valence-corrected chi connectivity index (χ2v) is 1.68. The van der Waals surface area contributed by atoms with Crippen LogP contribution in [0.1, 0.15) is 20.8 Å². The lowest BCUT2D eigenvalue weighted by Gasteiger charge is -2.17. The van der Waals surface area contributed by atoms with Crippen LogP contribution >= 0.6 is 0 Å². The zero-order valence-corrected chi connectivity index (χ0v) is 6.57. The van der Waals surface area contributed by atoms with E-state index in [2.05, 4.69) is 31.2 Å². The first-order valence-electron chi connectivity index (χ1n) is 3.33. The second-order valence-electron chi connectivity index (χ2n) is 1.68. The first-order valence-corrected chi connectivity index (χ1v) is 3.33. The molecule has 9 heavy (non-hydrogen) atoms. The molecule has 0 bridgehead atoms. The minimum absolute atomic E-state index is 0. The van der Waals surface area contributed by atoms with E-state index < -0.39 is 0 Å². The summed E-state index contributed by atoms with van der Waals surface area (Å²) >= 11 is 0. The number of nitrogens with zero attached hydrogens (tertiary/aromatic N) is 1. The van der Waals surface area contributed by atoms with Gasteiger partial charge in [-0.1, -0.05) is 20.8 Å². The van der Waals surface area contributed by atoms with Crippen LogP contribution in [-0.4, -0.2) is 30.1 Å². The second kappa shape index (κ2) is 7.88. The van der Waals surface area contributed by atoms with Crippen molar-refractivity contribution in [3.05, 3.63) is 0 Å². The Balaban J connectivity index is 0. The molecule has 0 spiro atoms. The Morgan fingerprint density at radius 3 is 1.67 bits per heavy atom. The summed E-state index contributed by atoms with van der Waals surface area (Å²) in [6.45, 7) is 9.60. The molecule has 0 rings (SSSR count). The number of rotatable bonds is 4. The molecule has 0 amide bonds. The van der Waals surface area contributed by atoms with Gasteiger partial charge in [-0.15, -0.1) is 0 Å². The average molecular weight is 134 g/mol. The molecule has 0 unspecified atom stereocenters. The molecule has 0 fully saturated rings. The van der Waals surface area contributed by atoms with Crippen LogP contribution in [0.3, 0.4) is 0 Å². The molecule has 0 aromatic heterocycles. The summed E-state index contributed by atoms with van der Waals surface area (Å²) in [6, 6.07) is 0. The van der Waals surface area contributed by atoms with Crippen LogP contribution in [-0.2, 0) is 0 Å². The SMILES string of the molecule is CCNN(CC)CC.O. The molecular formula is C6H18N2O. The topological polar surface area (TPSA) is 46.8 Å². The maximum atomic E-state index is 3.22. The van der Waals surface area contributed by atoms with Gasteiger partial charge in [-0.2, -0.15) is 0 Å². The van der Waals surface area contributed by atoms with Crippen LogP contribution in [0.25, 0.3) is 0 Å². The third-order valence-corrected chi connectivity index (χ3v) is 1.15. The van der Waals surface area contributed by atoms with Crippen LogP contribution in [0.5, 0.6) is 0 Å². The van der Waals surface area contributed by atoms with Crippen LogP contribution in [0, 0.1) is 0 Å². The zero-order chi connectivity index (χ0) is 6.41. The van der Waals surface area contributed by atoms with Crippen molar-refractivity contribution < 1.29 is 5.48 Å². The maximum absolute atomic E-state index is 3.22. The highest BCUT2D eigenvalue weighted by Gasteiger charge is 1.91. The smallest absolute Gasteiger partial charge is 0.0102 e. The number of nitrogens with one attached hydrogen (secondary N) is 1. The van der Waals surface area contributed by atoms with Gasteiger partial charge in [-0.05, 0) is 0 Å². The molecule has 0 atom stereocenters. The molecule has 0 aliphatic carbocycles. The van der Waals surface area contributed by atoms with Gasteiger partial charge in [0.2, 0.25) is 0 Å². The lowest BCUT2D eigenvalue weighted by atomic mass is 10.6. The highest BCUT2D eigenvalue weighted by Crippen LogP contribution is 1.76. The van der Waals surface area contributed by atoms with E-state index >= 15 is 0 Å². The Morgan fingerprint density at radius 2 is 1.56 bits per heavy atom. The van der Waals surface area contributed by atoms with Gasteiger partial charge in [0.1, 0.15) is 0 Å². The molecule has 0 saturated heterocycles. The van der Waals surface area contributed by atoms with Gasteiger partial charge in [0.25, 0.3) is 0 Å². The van der Waals surface area contributed by atoms with E-state index in [1.807, 2.05) is 0 Å². The van der Waals surface area contributed by atoms with Crippen molar-refractivity contribution >= 4 is 0 Å². The van der Waals surface area contributed by atoms with Crippen molar-refractivity contribution in [3.8, 4) is 0 Å². The van der Waals surface area contributed by atoms with Crippen molar-refractivity contribution in [2.45, 2.75) is 20.8 Å². The van der Waals surface area contributed by atoms with Gasteiger partial charge in [0.05, 0.1) is 0 Å². The highest BCUT2D eigenvalue weighted by molar-refractivity contribution is 4.40. The van der Waals surface area contributed by atoms with Crippen molar-refractivity contribution in [2.24, 2.45) is 0 Å². The summed E-state index contributed by atoms with van der Waals surface area (Å²) < 4.78 is 0. The Bertz CT molecular complexity index is 46.3. The van der Waals surface area contributed by atoms with Crippen LogP contribution < -0.4 is 5.43 Å². The molecule has 0 aliphatic rings. The molecule has 0 aromatic carbocycles. The quantitative estimate of drug-likeness (QED) is 0.551. The molecule has 3 nitrogen and oxygen atoms in total. The first-order chi connectivity index (χ1) is 3.85. The maximum Gasteiger partial charge on any atom is 0.0102 e. The van der Waals surface area contributed by atoms with Gasteiger partial charge in [-0.3, -0.25) is 5.43 Å². The van der Waals surface area contributed by atoms with Crippen LogP contribution in [0.15, 0.2) is 0 Å². The van der Waals surface area contributed by atoms with Crippen molar-refractivity contribution in [2.75, 3.05) is 19.6 Å². The number of hydrogen-bond acceptors (Lipinski definition) is 2. The predicted molar refractivity (Wildman–Crippen MR) is 40.2 cm³/mol. The lowest BCUT2D eigenvalue weighted by Crippen LogP contribution is -2.37. The third-order valence-electron chi connectivity index (χ3n) is 1.15. The lowest BCUT2D eigenvalue weighted by molar-refractivity contribution is 0.215. The molecule has 0 radical (unpaired) electrons. The summed E-state index contributed by atoms with van der Waals surface area (Å²) in [5, 5.41) is 2.18. The van der Waals surface area contributed by atoms with E-state index in [9.17, 15) is 0 Å². The Kier molecular flexibility index (Phi) is 10.2. The van der Waals surface area contributed by atoms with E-state index in [1.54, 1.807) is 0 Å². The monoisotopic (exact) mass is 134 g/mol. The minimum atomic E-state index is 0. The molecule has 3 heteroatoms. The summed E-state index contributed by atoms with van der Waals surface area (Å²) in [6.07, 6.45) is 0. The average Bonchev–Trinajstić information content (AvgIpc) is 1.83. The van der Waals surface area contributed by atoms with E-state index in [1.165, 1.54) is 0 Å². The van der Waals surface area contributed by atoms with E-state index in [0.29, 0.717) is 0 Å². The molecule has 3 N–H and O–H groups in total. The third kappa shape index (κ3) is 5.76. The fourth-order valence-electron chi connectivity index (χ4n) is 0.671. The highest BCUT2D eigenvalue weighted by atomic mass is 16.0. The van der Waals surface area contributed by atoms with E-state index in [-0.39, 0.29) is 5.48 Å². The Morgan fingerprint density at radius 1 is 1.11 bits per heavy atom. The largest absolute Gasteiger partial charge is 0.412 e. The van der Waals surface area contributed by atoms with Crippen molar-refractivity contribution in [1.29, 1.82) is 0 Å². The van der Waals surface area contributed by atoms with Gasteiger partial charge in [0.15, 0.2) is 0 Å². The molecule has 0 aliphatic heterocycles. The Labute approximate surface area is 57.3 Å². The fourth-order valence-corrected chi connectivity index (χ4v) is 0.671. The van der Waals surface area contributed by atoms with Crippen LogP contribution in [0.2, 0.25) is 0 Å². The van der Waals surface area contributed by atoms with Gasteiger partial charge in [-0.25, -0.2) is 5.01 Å². The number of hydrogen-bond donors (Lipinski definition) is 1. The fraction of sp³-hybridized carbons (Fsp3) is 1.00. The molecule has 58 valence electrons. The van der Waals surface area contributed by atoms with Crippen LogP contribution in [0.4, 0.5) is 0 Å². The standard InChI is InChI=1S/C6H16N2.H2O/c1-4-7-8(5-2)6-3;/h7H,4-6H2,1-3H3;1H2. The minimum Gasteiger partial charge on any atom is -0.412 e. The predicted octanol–water partition coefficient (Wildman–Crippen LogP) is 0.0280. The number of hydrazine groups is 1. The summed E-state index contributed by atoms with van der Waals surface area (Å²) in [5.41, 5.74) is 3.22. The molecule has 0 aromatic rings. The summed E-state index contributed by atoms with van der Waals surface area (Å²) in [4.78, 5) is 0.